The molecule has 4 nitrogen and oxygen atoms in total. The summed E-state index contributed by atoms with van der Waals surface area (Å²) >= 11 is 7.77. The third kappa shape index (κ3) is 4.56. The SMILES string of the molecule is Cc1nc(NC(=O)CCC2CCNC2)sc1Cc1ccccc1Cl. The van der Waals surface area contributed by atoms with Crippen molar-refractivity contribution in [2.75, 3.05) is 18.4 Å². The van der Waals surface area contributed by atoms with Gasteiger partial charge in [-0.2, -0.15) is 0 Å². The maximum atomic E-state index is 12.1. The maximum absolute atomic E-state index is 12.1. The van der Waals surface area contributed by atoms with E-state index in [1.54, 1.807) is 0 Å². The summed E-state index contributed by atoms with van der Waals surface area (Å²) in [7, 11) is 0. The molecule has 1 aliphatic heterocycles. The van der Waals surface area contributed by atoms with Crippen molar-refractivity contribution in [3.8, 4) is 0 Å². The fraction of sp³-hybridized carbons (Fsp3) is 0.444. The van der Waals surface area contributed by atoms with Crippen molar-refractivity contribution in [1.29, 1.82) is 0 Å². The molecule has 1 fully saturated rings. The van der Waals surface area contributed by atoms with Gasteiger partial charge in [0, 0.05) is 22.7 Å². The van der Waals surface area contributed by atoms with Crippen LogP contribution in [0.25, 0.3) is 0 Å². The molecule has 128 valence electrons. The Hall–Kier alpha value is -1.43. The van der Waals surface area contributed by atoms with Gasteiger partial charge in [0.15, 0.2) is 5.13 Å². The zero-order valence-corrected chi connectivity index (χ0v) is 15.3. The number of benzene rings is 1. The molecule has 0 radical (unpaired) electrons. The van der Waals surface area contributed by atoms with Gasteiger partial charge < -0.3 is 10.6 Å². The van der Waals surface area contributed by atoms with E-state index in [9.17, 15) is 4.79 Å². The van der Waals surface area contributed by atoms with E-state index < -0.39 is 0 Å². The number of rotatable bonds is 6. The second-order valence-electron chi connectivity index (χ2n) is 6.24. The number of halogens is 1. The zero-order chi connectivity index (χ0) is 16.9. The number of thiazole rings is 1. The molecule has 24 heavy (non-hydrogen) atoms. The van der Waals surface area contributed by atoms with Crippen molar-refractivity contribution in [3.05, 3.63) is 45.4 Å². The Bertz CT molecular complexity index is 710. The summed E-state index contributed by atoms with van der Waals surface area (Å²) in [5, 5.41) is 7.72. The number of nitrogens with zero attached hydrogens (tertiary/aromatic N) is 1. The Morgan fingerprint density at radius 3 is 3.04 bits per heavy atom. The summed E-state index contributed by atoms with van der Waals surface area (Å²) < 4.78 is 0. The van der Waals surface area contributed by atoms with E-state index in [0.717, 1.165) is 47.1 Å². The number of carbonyl (C=O) groups is 1. The van der Waals surface area contributed by atoms with Crippen molar-refractivity contribution in [2.45, 2.75) is 32.6 Å². The van der Waals surface area contributed by atoms with Crippen molar-refractivity contribution < 1.29 is 4.79 Å². The largest absolute Gasteiger partial charge is 0.316 e. The minimum atomic E-state index is 0.0555. The number of anilines is 1. The number of aryl methyl sites for hydroxylation is 1. The highest BCUT2D eigenvalue weighted by atomic mass is 35.5. The molecular weight excluding hydrogens is 342 g/mol. The molecule has 0 bridgehead atoms. The van der Waals surface area contributed by atoms with E-state index in [4.69, 9.17) is 11.6 Å². The van der Waals surface area contributed by atoms with Gasteiger partial charge in [0.1, 0.15) is 0 Å². The minimum Gasteiger partial charge on any atom is -0.316 e. The third-order valence-corrected chi connectivity index (χ3v) is 5.83. The lowest BCUT2D eigenvalue weighted by atomic mass is 10.0. The van der Waals surface area contributed by atoms with Crippen molar-refractivity contribution in [3.63, 3.8) is 0 Å². The molecular formula is C18H22ClN3OS. The van der Waals surface area contributed by atoms with Gasteiger partial charge in [-0.3, -0.25) is 4.79 Å². The van der Waals surface area contributed by atoms with Gasteiger partial charge in [-0.25, -0.2) is 4.98 Å². The summed E-state index contributed by atoms with van der Waals surface area (Å²) in [5.74, 6) is 0.685. The second kappa shape index (κ2) is 8.10. The van der Waals surface area contributed by atoms with Crippen LogP contribution in [0, 0.1) is 12.8 Å². The molecule has 1 aromatic heterocycles. The molecule has 0 spiro atoms. The van der Waals surface area contributed by atoms with Gasteiger partial charge in [0.25, 0.3) is 0 Å². The van der Waals surface area contributed by atoms with Crippen LogP contribution < -0.4 is 10.6 Å². The highest BCUT2D eigenvalue weighted by Gasteiger charge is 2.17. The highest BCUT2D eigenvalue weighted by molar-refractivity contribution is 7.15. The van der Waals surface area contributed by atoms with E-state index in [0.29, 0.717) is 17.5 Å². The van der Waals surface area contributed by atoms with Crippen molar-refractivity contribution in [2.24, 2.45) is 5.92 Å². The molecule has 1 amide bonds. The van der Waals surface area contributed by atoms with Crippen LogP contribution in [-0.2, 0) is 11.2 Å². The first-order valence-electron chi connectivity index (χ1n) is 8.32. The van der Waals surface area contributed by atoms with Crippen LogP contribution in [0.1, 0.15) is 35.4 Å². The second-order valence-corrected chi connectivity index (χ2v) is 7.73. The predicted molar refractivity (Wildman–Crippen MR) is 99.9 cm³/mol. The summed E-state index contributed by atoms with van der Waals surface area (Å²) in [6.07, 6.45) is 3.42. The number of hydrogen-bond acceptors (Lipinski definition) is 4. The topological polar surface area (TPSA) is 54.0 Å². The molecule has 1 atom stereocenters. The van der Waals surface area contributed by atoms with Crippen molar-refractivity contribution >= 4 is 34.0 Å². The van der Waals surface area contributed by atoms with E-state index in [2.05, 4.69) is 15.6 Å². The minimum absolute atomic E-state index is 0.0555. The number of carbonyl (C=O) groups excluding carboxylic acids is 1. The normalized spacial score (nSPS) is 17.2. The summed E-state index contributed by atoms with van der Waals surface area (Å²) in [4.78, 5) is 17.7. The third-order valence-electron chi connectivity index (χ3n) is 4.39. The van der Waals surface area contributed by atoms with Gasteiger partial charge in [-0.15, -0.1) is 11.3 Å². The molecule has 1 unspecified atom stereocenters. The predicted octanol–water partition coefficient (Wildman–Crippen LogP) is 4.02. The van der Waals surface area contributed by atoms with Crippen molar-refractivity contribution in [1.82, 2.24) is 10.3 Å². The lowest BCUT2D eigenvalue weighted by Gasteiger charge is -2.07. The first-order chi connectivity index (χ1) is 11.6. The summed E-state index contributed by atoms with van der Waals surface area (Å²) in [6, 6.07) is 7.83. The molecule has 1 aromatic carbocycles. The summed E-state index contributed by atoms with van der Waals surface area (Å²) in [6.45, 7) is 4.08. The van der Waals surface area contributed by atoms with E-state index in [-0.39, 0.29) is 5.91 Å². The average molecular weight is 364 g/mol. The standard InChI is InChI=1S/C18H22ClN3OS/c1-12-16(10-14-4-2-3-5-15(14)19)24-18(21-12)22-17(23)7-6-13-8-9-20-11-13/h2-5,13,20H,6-11H2,1H3,(H,21,22,23). The monoisotopic (exact) mass is 363 g/mol. The number of nitrogens with one attached hydrogen (secondary N) is 2. The van der Waals surface area contributed by atoms with Crippen LogP contribution in [0.3, 0.4) is 0 Å². The Labute approximate surface area is 151 Å². The van der Waals surface area contributed by atoms with Crippen LogP contribution in [-0.4, -0.2) is 24.0 Å². The Balaban J connectivity index is 1.57. The first kappa shape index (κ1) is 17.4. The zero-order valence-electron chi connectivity index (χ0n) is 13.8. The van der Waals surface area contributed by atoms with E-state index in [1.165, 1.54) is 17.8 Å². The Kier molecular flexibility index (Phi) is 5.87. The fourth-order valence-electron chi connectivity index (χ4n) is 2.94. The Morgan fingerprint density at radius 2 is 2.29 bits per heavy atom. The van der Waals surface area contributed by atoms with Crippen LogP contribution in [0.4, 0.5) is 5.13 Å². The van der Waals surface area contributed by atoms with Crippen LogP contribution >= 0.6 is 22.9 Å². The van der Waals surface area contributed by atoms with E-state index in [1.807, 2.05) is 31.2 Å². The van der Waals surface area contributed by atoms with E-state index >= 15 is 0 Å². The van der Waals surface area contributed by atoms with Crippen LogP contribution in [0.5, 0.6) is 0 Å². The molecule has 2 N–H and O–H groups in total. The number of amides is 1. The Morgan fingerprint density at radius 1 is 1.46 bits per heavy atom. The lowest BCUT2D eigenvalue weighted by Crippen LogP contribution is -2.14. The quantitative estimate of drug-likeness (QED) is 0.814. The lowest BCUT2D eigenvalue weighted by molar-refractivity contribution is -0.116. The molecule has 6 heteroatoms. The molecule has 3 rings (SSSR count). The number of hydrogen-bond donors (Lipinski definition) is 2. The van der Waals surface area contributed by atoms with Crippen LogP contribution in [0.2, 0.25) is 5.02 Å². The molecule has 2 aromatic rings. The summed E-state index contributed by atoms with van der Waals surface area (Å²) in [5.41, 5.74) is 2.03. The first-order valence-corrected chi connectivity index (χ1v) is 9.51. The van der Waals surface area contributed by atoms with Gasteiger partial charge in [0.2, 0.25) is 5.91 Å². The smallest absolute Gasteiger partial charge is 0.226 e. The van der Waals surface area contributed by atoms with Gasteiger partial charge in [-0.05, 0) is 50.4 Å². The van der Waals surface area contributed by atoms with Gasteiger partial charge in [0.05, 0.1) is 5.69 Å². The maximum Gasteiger partial charge on any atom is 0.226 e. The highest BCUT2D eigenvalue weighted by Crippen LogP contribution is 2.28. The molecule has 2 heterocycles. The molecule has 1 saturated heterocycles. The fourth-order valence-corrected chi connectivity index (χ4v) is 4.14. The average Bonchev–Trinajstić information content (AvgIpc) is 3.18. The molecule has 0 saturated carbocycles. The van der Waals surface area contributed by atoms with Gasteiger partial charge in [-0.1, -0.05) is 29.8 Å². The molecule has 0 aliphatic carbocycles. The van der Waals surface area contributed by atoms with Crippen LogP contribution in [0.15, 0.2) is 24.3 Å². The van der Waals surface area contributed by atoms with Gasteiger partial charge >= 0.3 is 0 Å². The molecule has 1 aliphatic rings. The number of aromatic nitrogens is 1.